The Morgan fingerprint density at radius 1 is 0.724 bits per heavy atom. The first-order chi connectivity index (χ1) is 27.9. The highest BCUT2D eigenvalue weighted by molar-refractivity contribution is 6.54. The molecule has 5 aliphatic heterocycles. The van der Waals surface area contributed by atoms with Crippen molar-refractivity contribution in [2.75, 3.05) is 36.4 Å². The van der Waals surface area contributed by atoms with Gasteiger partial charge in [0.2, 0.25) is 0 Å². The van der Waals surface area contributed by atoms with Gasteiger partial charge in [-0.15, -0.1) is 0 Å². The fourth-order valence-electron chi connectivity index (χ4n) is 9.87. The Hall–Kier alpha value is -4.43. The van der Waals surface area contributed by atoms with E-state index in [-0.39, 0.29) is 43.2 Å². The van der Waals surface area contributed by atoms with Crippen LogP contribution in [0.4, 0.5) is 11.4 Å². The number of ether oxygens (including phenoxy) is 5. The zero-order valence-electron chi connectivity index (χ0n) is 34.6. The van der Waals surface area contributed by atoms with Crippen molar-refractivity contribution in [3.63, 3.8) is 0 Å². The van der Waals surface area contributed by atoms with Crippen LogP contribution < -0.4 is 23.8 Å². The van der Waals surface area contributed by atoms with Crippen LogP contribution in [-0.4, -0.2) is 103 Å². The van der Waals surface area contributed by atoms with Gasteiger partial charge in [0.05, 0.1) is 30.3 Å². The molecule has 0 aliphatic carbocycles. The first-order valence-electron chi connectivity index (χ1n) is 21.0. The van der Waals surface area contributed by atoms with Crippen LogP contribution in [-0.2, 0) is 22.7 Å². The molecule has 2 amide bonds. The minimum Gasteiger partial charge on any atom is -0.493 e. The van der Waals surface area contributed by atoms with E-state index in [1.807, 2.05) is 57.5 Å². The highest BCUT2D eigenvalue weighted by Gasteiger charge is 2.47. The number of carbonyl (C=O) groups excluding carboxylic acids is 2. The lowest BCUT2D eigenvalue weighted by atomic mass is 9.80. The van der Waals surface area contributed by atoms with Crippen molar-refractivity contribution in [3.05, 3.63) is 75.8 Å². The average molecular weight is 795 g/mol. The van der Waals surface area contributed by atoms with Crippen molar-refractivity contribution in [1.29, 1.82) is 0 Å². The van der Waals surface area contributed by atoms with Crippen molar-refractivity contribution in [1.82, 2.24) is 9.80 Å². The fraction of sp³-hybridized carbons (Fsp3) is 0.535. The van der Waals surface area contributed by atoms with E-state index in [0.717, 1.165) is 67.2 Å². The maximum atomic E-state index is 14.1. The summed E-state index contributed by atoms with van der Waals surface area (Å²) >= 11 is 0. The van der Waals surface area contributed by atoms with Gasteiger partial charge >= 0.3 is 14.1 Å². The topological polar surface area (TPSA) is 134 Å². The molecule has 5 heterocycles. The number of aryl methyl sites for hydroxylation is 2. The molecule has 0 aromatic heterocycles. The maximum absolute atomic E-state index is 14.1. The van der Waals surface area contributed by atoms with Gasteiger partial charge in [0.1, 0.15) is 25.2 Å². The highest BCUT2D eigenvalue weighted by Crippen LogP contribution is 2.43. The standard InChI is InChI=1S/C43H56B2N4O9/c1-26-17-29(20-30(18-26)25-57-39-23-35-32(21-38(39)54-6)42(51)46-14-9-11-33(46)28(3)48(35)44(4)52)24-56-37-22-36-31(19-27(37)2)41(50)47-15-10-12-34(47)43(49(36)45(5)53)58-40-13-7-8-16-55-40/h17-23,28,33-34,40,43,52-53H,7-16,24-25H2,1-6H3/t28-,33-,34-,40?,43-/m0/s1. The molecular weight excluding hydrogens is 738 g/mol. The monoisotopic (exact) mass is 794 g/mol. The fourth-order valence-corrected chi connectivity index (χ4v) is 9.87. The molecular formula is C43H56B2N4O9. The first-order valence-corrected chi connectivity index (χ1v) is 21.0. The molecule has 3 aromatic carbocycles. The molecule has 0 spiro atoms. The van der Waals surface area contributed by atoms with Gasteiger partial charge in [0.25, 0.3) is 11.8 Å². The number of anilines is 2. The molecule has 15 heteroatoms. The third-order valence-electron chi connectivity index (χ3n) is 12.5. The number of rotatable bonds is 11. The second kappa shape index (κ2) is 16.7. The number of benzene rings is 3. The van der Waals surface area contributed by atoms with Crippen LogP contribution in [0.1, 0.15) is 94.8 Å². The number of methoxy groups -OCH3 is 1. The second-order valence-electron chi connectivity index (χ2n) is 16.6. The number of carbonyl (C=O) groups is 2. The quantitative estimate of drug-likeness (QED) is 0.229. The molecule has 5 aliphatic rings. The van der Waals surface area contributed by atoms with E-state index < -0.39 is 26.6 Å². The molecule has 13 nitrogen and oxygen atoms in total. The maximum Gasteiger partial charge on any atom is 0.411 e. The zero-order valence-corrected chi connectivity index (χ0v) is 34.6. The lowest BCUT2D eigenvalue weighted by Gasteiger charge is -2.40. The third kappa shape index (κ3) is 7.62. The minimum atomic E-state index is -0.940. The van der Waals surface area contributed by atoms with Gasteiger partial charge in [-0.05, 0) is 114 Å². The Labute approximate surface area is 342 Å². The second-order valence-corrected chi connectivity index (χ2v) is 16.6. The van der Waals surface area contributed by atoms with E-state index in [1.165, 1.54) is 0 Å². The summed E-state index contributed by atoms with van der Waals surface area (Å²) in [4.78, 5) is 35.5. The number of fused-ring (bicyclic) bond motifs is 4. The smallest absolute Gasteiger partial charge is 0.411 e. The molecule has 58 heavy (non-hydrogen) atoms. The zero-order chi connectivity index (χ0) is 40.8. The molecule has 1 unspecified atom stereocenters. The van der Waals surface area contributed by atoms with Gasteiger partial charge in [-0.2, -0.15) is 0 Å². The molecule has 0 bridgehead atoms. The summed E-state index contributed by atoms with van der Waals surface area (Å²) in [6.45, 7) is 11.9. The summed E-state index contributed by atoms with van der Waals surface area (Å²) in [7, 11) is -0.191. The predicted molar refractivity (Wildman–Crippen MR) is 223 cm³/mol. The van der Waals surface area contributed by atoms with E-state index >= 15 is 0 Å². The molecule has 2 N–H and O–H groups in total. The van der Waals surface area contributed by atoms with E-state index in [9.17, 15) is 19.6 Å². The molecule has 3 saturated heterocycles. The van der Waals surface area contributed by atoms with Gasteiger partial charge in [-0.3, -0.25) is 9.59 Å². The van der Waals surface area contributed by atoms with E-state index in [0.29, 0.717) is 59.4 Å². The van der Waals surface area contributed by atoms with Crippen molar-refractivity contribution >= 4 is 37.3 Å². The van der Waals surface area contributed by atoms with Crippen LogP contribution in [0.15, 0.2) is 42.5 Å². The molecule has 3 aromatic rings. The number of hydrogen-bond acceptors (Lipinski definition) is 11. The Morgan fingerprint density at radius 3 is 1.97 bits per heavy atom. The number of nitrogens with zero attached hydrogens (tertiary/aromatic N) is 4. The summed E-state index contributed by atoms with van der Waals surface area (Å²) in [5.74, 6) is 1.40. The summed E-state index contributed by atoms with van der Waals surface area (Å²) in [6.07, 6.45) is 5.26. The summed E-state index contributed by atoms with van der Waals surface area (Å²) in [5.41, 5.74) is 5.92. The van der Waals surface area contributed by atoms with Crippen molar-refractivity contribution in [2.45, 2.75) is 123 Å². The normalized spacial score (nSPS) is 24.1. The first kappa shape index (κ1) is 40.4. The predicted octanol–water partition coefficient (Wildman–Crippen LogP) is 5.80. The lowest BCUT2D eigenvalue weighted by Crippen LogP contribution is -2.56. The molecule has 0 radical (unpaired) electrons. The van der Waals surface area contributed by atoms with Gasteiger partial charge in [0, 0.05) is 49.2 Å². The summed E-state index contributed by atoms with van der Waals surface area (Å²) in [5, 5.41) is 22.3. The van der Waals surface area contributed by atoms with Gasteiger partial charge in [0.15, 0.2) is 17.8 Å². The van der Waals surface area contributed by atoms with Crippen molar-refractivity contribution < 1.29 is 43.3 Å². The lowest BCUT2D eigenvalue weighted by molar-refractivity contribution is -0.194. The average Bonchev–Trinajstić information content (AvgIpc) is 3.87. The Kier molecular flexibility index (Phi) is 11.6. The molecule has 5 atom stereocenters. The van der Waals surface area contributed by atoms with Crippen LogP contribution in [0, 0.1) is 13.8 Å². The molecule has 8 rings (SSSR count). The van der Waals surface area contributed by atoms with Gasteiger partial charge in [-0.1, -0.05) is 17.7 Å². The van der Waals surface area contributed by atoms with E-state index in [2.05, 4.69) is 19.1 Å². The van der Waals surface area contributed by atoms with Crippen LogP contribution in [0.3, 0.4) is 0 Å². The minimum absolute atomic E-state index is 0.0111. The van der Waals surface area contributed by atoms with Crippen LogP contribution >= 0.6 is 0 Å². The number of amides is 2. The van der Waals surface area contributed by atoms with Crippen LogP contribution in [0.5, 0.6) is 17.2 Å². The summed E-state index contributed by atoms with van der Waals surface area (Å²) in [6, 6.07) is 13.2. The van der Waals surface area contributed by atoms with Crippen LogP contribution in [0.25, 0.3) is 0 Å². The van der Waals surface area contributed by atoms with Gasteiger partial charge < -0.3 is 53.2 Å². The SMILES string of the molecule is COc1cc2c(cc1OCc1cc(C)cc(COc3cc4c(cc3C)C(=O)N3CCC[C@H]3[C@H](OC3CCCCO3)N4B(C)O)c1)N(B(C)O)[C@@H](C)[C@@H]1CCCN1C2=O. The third-order valence-corrected chi connectivity index (χ3v) is 12.5. The Bertz CT molecular complexity index is 2030. The van der Waals surface area contributed by atoms with Crippen molar-refractivity contribution in [2.24, 2.45) is 0 Å². The largest absolute Gasteiger partial charge is 0.493 e. The highest BCUT2D eigenvalue weighted by atomic mass is 16.7. The number of hydrogen-bond donors (Lipinski definition) is 2. The van der Waals surface area contributed by atoms with Gasteiger partial charge in [-0.25, -0.2) is 0 Å². The molecule has 308 valence electrons. The molecule has 0 saturated carbocycles. The Morgan fingerprint density at radius 2 is 1.33 bits per heavy atom. The summed E-state index contributed by atoms with van der Waals surface area (Å²) < 4.78 is 31.3. The van der Waals surface area contributed by atoms with E-state index in [1.54, 1.807) is 26.8 Å². The van der Waals surface area contributed by atoms with E-state index in [4.69, 9.17) is 23.7 Å². The van der Waals surface area contributed by atoms with Crippen molar-refractivity contribution in [3.8, 4) is 17.2 Å². The van der Waals surface area contributed by atoms with Crippen LogP contribution in [0.2, 0.25) is 13.6 Å². The Balaban J connectivity index is 1.03. The molecule has 3 fully saturated rings.